The monoisotopic (exact) mass is 374 g/mol. The Kier molecular flexibility index (Phi) is 7.66. The third kappa shape index (κ3) is 6.19. The molecule has 1 atom stereocenters. The largest absolute Gasteiger partial charge is 0.350 e. The molecule has 26 heavy (non-hydrogen) atoms. The number of amides is 2. The van der Waals surface area contributed by atoms with Crippen molar-refractivity contribution in [2.75, 3.05) is 11.1 Å². The summed E-state index contributed by atoms with van der Waals surface area (Å²) in [5.74, 6) is 0.210. The van der Waals surface area contributed by atoms with Gasteiger partial charge in [-0.05, 0) is 43.2 Å². The molecule has 0 bridgehead atoms. The van der Waals surface area contributed by atoms with Gasteiger partial charge in [-0.3, -0.25) is 9.59 Å². The average molecular weight is 374 g/mol. The Morgan fingerprint density at radius 2 is 1.81 bits per heavy atom. The van der Waals surface area contributed by atoms with E-state index in [0.29, 0.717) is 17.0 Å². The molecule has 0 radical (unpaired) electrons. The number of hydrogen-bond acceptors (Lipinski definition) is 3. The number of para-hydroxylation sites is 1. The minimum Gasteiger partial charge on any atom is -0.350 e. The lowest BCUT2D eigenvalue weighted by Gasteiger charge is -2.14. The fraction of sp³-hybridized carbons (Fsp3) is 0.300. The molecule has 2 amide bonds. The number of thioether (sulfide) groups is 1. The summed E-state index contributed by atoms with van der Waals surface area (Å²) >= 11 is 1.43. The van der Waals surface area contributed by atoms with Crippen molar-refractivity contribution in [1.82, 2.24) is 5.32 Å². The van der Waals surface area contributed by atoms with E-state index in [9.17, 15) is 14.0 Å². The second kappa shape index (κ2) is 9.97. The summed E-state index contributed by atoms with van der Waals surface area (Å²) in [4.78, 5) is 24.5. The lowest BCUT2D eigenvalue weighted by Crippen LogP contribution is -2.32. The van der Waals surface area contributed by atoms with Crippen molar-refractivity contribution in [3.05, 3.63) is 65.5 Å². The molecule has 0 fully saturated rings. The van der Waals surface area contributed by atoms with Crippen LogP contribution in [0, 0.1) is 5.82 Å². The van der Waals surface area contributed by atoms with Crippen molar-refractivity contribution in [3.8, 4) is 0 Å². The van der Waals surface area contributed by atoms with Crippen LogP contribution >= 0.6 is 11.8 Å². The second-order valence-corrected chi connectivity index (χ2v) is 6.98. The van der Waals surface area contributed by atoms with Crippen molar-refractivity contribution in [1.29, 1.82) is 0 Å². The number of rotatable bonds is 8. The van der Waals surface area contributed by atoms with Gasteiger partial charge in [-0.25, -0.2) is 4.39 Å². The van der Waals surface area contributed by atoms with Crippen LogP contribution in [-0.4, -0.2) is 23.6 Å². The van der Waals surface area contributed by atoms with Crippen LogP contribution in [0.5, 0.6) is 0 Å². The van der Waals surface area contributed by atoms with Gasteiger partial charge in [0.2, 0.25) is 5.91 Å². The molecular weight excluding hydrogens is 351 g/mol. The summed E-state index contributed by atoms with van der Waals surface area (Å²) in [5, 5.41) is 5.70. The van der Waals surface area contributed by atoms with E-state index in [2.05, 4.69) is 10.6 Å². The standard InChI is InChI=1S/C20H23FN2O2S/c1-3-14(2)22-20(25)17-6-4-5-7-18(17)23-19(24)13-26-12-15-8-10-16(21)11-9-15/h4-11,14H,3,12-13H2,1-2H3,(H,22,25)(H,23,24). The third-order valence-electron chi connectivity index (χ3n) is 3.85. The molecular formula is C20H23FN2O2S. The number of carbonyl (C=O) groups excluding carboxylic acids is 2. The Balaban J connectivity index is 1.90. The molecule has 0 aliphatic carbocycles. The molecule has 0 heterocycles. The van der Waals surface area contributed by atoms with Crippen molar-refractivity contribution < 1.29 is 14.0 Å². The summed E-state index contributed by atoms with van der Waals surface area (Å²) < 4.78 is 12.9. The summed E-state index contributed by atoms with van der Waals surface area (Å²) in [6.45, 7) is 3.93. The van der Waals surface area contributed by atoms with Gasteiger partial charge in [0.05, 0.1) is 17.0 Å². The normalized spacial score (nSPS) is 11.7. The number of benzene rings is 2. The van der Waals surface area contributed by atoms with E-state index in [4.69, 9.17) is 0 Å². The molecule has 2 N–H and O–H groups in total. The van der Waals surface area contributed by atoms with Crippen LogP contribution in [0.4, 0.5) is 10.1 Å². The van der Waals surface area contributed by atoms with Crippen LogP contribution in [0.15, 0.2) is 48.5 Å². The zero-order valence-electron chi connectivity index (χ0n) is 14.9. The Hall–Kier alpha value is -2.34. The molecule has 4 nitrogen and oxygen atoms in total. The first-order valence-electron chi connectivity index (χ1n) is 8.51. The smallest absolute Gasteiger partial charge is 0.253 e. The van der Waals surface area contributed by atoms with Gasteiger partial charge < -0.3 is 10.6 Å². The molecule has 6 heteroatoms. The van der Waals surface area contributed by atoms with E-state index < -0.39 is 0 Å². The van der Waals surface area contributed by atoms with Crippen molar-refractivity contribution in [2.45, 2.75) is 32.1 Å². The molecule has 0 aromatic heterocycles. The maximum Gasteiger partial charge on any atom is 0.253 e. The zero-order valence-corrected chi connectivity index (χ0v) is 15.7. The van der Waals surface area contributed by atoms with Crippen LogP contribution in [-0.2, 0) is 10.5 Å². The number of hydrogen-bond donors (Lipinski definition) is 2. The van der Waals surface area contributed by atoms with Gasteiger partial charge in [0.15, 0.2) is 0 Å². The van der Waals surface area contributed by atoms with Crippen LogP contribution in [0.25, 0.3) is 0 Å². The first-order valence-corrected chi connectivity index (χ1v) is 9.67. The van der Waals surface area contributed by atoms with E-state index in [-0.39, 0.29) is 29.4 Å². The first kappa shape index (κ1) is 20.0. The summed E-state index contributed by atoms with van der Waals surface area (Å²) in [6, 6.07) is 13.2. The number of anilines is 1. The van der Waals surface area contributed by atoms with Crippen LogP contribution in [0.1, 0.15) is 36.2 Å². The number of nitrogens with one attached hydrogen (secondary N) is 2. The van der Waals surface area contributed by atoms with E-state index in [1.807, 2.05) is 13.8 Å². The predicted molar refractivity (Wildman–Crippen MR) is 105 cm³/mol. The Morgan fingerprint density at radius 3 is 2.50 bits per heavy atom. The fourth-order valence-corrected chi connectivity index (χ4v) is 3.01. The summed E-state index contributed by atoms with van der Waals surface area (Å²) in [7, 11) is 0. The highest BCUT2D eigenvalue weighted by atomic mass is 32.2. The van der Waals surface area contributed by atoms with E-state index in [1.54, 1.807) is 36.4 Å². The highest BCUT2D eigenvalue weighted by molar-refractivity contribution is 7.99. The molecule has 0 aliphatic heterocycles. The third-order valence-corrected chi connectivity index (χ3v) is 4.85. The molecule has 138 valence electrons. The summed E-state index contributed by atoms with van der Waals surface area (Å²) in [6.07, 6.45) is 0.834. The highest BCUT2D eigenvalue weighted by Gasteiger charge is 2.14. The molecule has 0 spiro atoms. The predicted octanol–water partition coefficient (Wildman–Crippen LogP) is 4.23. The van der Waals surface area contributed by atoms with Crippen LogP contribution < -0.4 is 10.6 Å². The molecule has 2 aromatic carbocycles. The van der Waals surface area contributed by atoms with Gasteiger partial charge in [0.25, 0.3) is 5.91 Å². The molecule has 2 aromatic rings. The lowest BCUT2D eigenvalue weighted by atomic mass is 10.1. The quantitative estimate of drug-likeness (QED) is 0.727. The van der Waals surface area contributed by atoms with Gasteiger partial charge in [0, 0.05) is 11.8 Å². The molecule has 2 rings (SSSR count). The minimum atomic E-state index is -0.274. The SMILES string of the molecule is CCC(C)NC(=O)c1ccccc1NC(=O)CSCc1ccc(F)cc1. The van der Waals surface area contributed by atoms with E-state index >= 15 is 0 Å². The molecule has 0 saturated carbocycles. The van der Waals surface area contributed by atoms with Gasteiger partial charge in [-0.15, -0.1) is 11.8 Å². The maximum absolute atomic E-state index is 12.9. The number of carbonyl (C=O) groups is 2. The second-order valence-electron chi connectivity index (χ2n) is 6.00. The molecule has 0 aliphatic rings. The minimum absolute atomic E-state index is 0.0672. The Labute approximate surface area is 157 Å². The van der Waals surface area contributed by atoms with Crippen molar-refractivity contribution in [2.24, 2.45) is 0 Å². The molecule has 0 saturated heterocycles. The van der Waals surface area contributed by atoms with Crippen molar-refractivity contribution in [3.63, 3.8) is 0 Å². The first-order chi connectivity index (χ1) is 12.5. The van der Waals surface area contributed by atoms with Crippen molar-refractivity contribution >= 4 is 29.3 Å². The molecule has 1 unspecified atom stereocenters. The fourth-order valence-electron chi connectivity index (χ4n) is 2.22. The average Bonchev–Trinajstić information content (AvgIpc) is 2.63. The van der Waals surface area contributed by atoms with E-state index in [0.717, 1.165) is 12.0 Å². The van der Waals surface area contributed by atoms with Gasteiger partial charge in [0.1, 0.15) is 5.82 Å². The Bertz CT molecular complexity index is 750. The highest BCUT2D eigenvalue weighted by Crippen LogP contribution is 2.17. The maximum atomic E-state index is 12.9. The van der Waals surface area contributed by atoms with Gasteiger partial charge in [-0.2, -0.15) is 0 Å². The lowest BCUT2D eigenvalue weighted by molar-refractivity contribution is -0.113. The van der Waals surface area contributed by atoms with Crippen LogP contribution in [0.3, 0.4) is 0 Å². The van der Waals surface area contributed by atoms with Gasteiger partial charge >= 0.3 is 0 Å². The summed E-state index contributed by atoms with van der Waals surface area (Å²) in [5.41, 5.74) is 1.91. The zero-order chi connectivity index (χ0) is 18.9. The number of halogens is 1. The topological polar surface area (TPSA) is 58.2 Å². The van der Waals surface area contributed by atoms with Gasteiger partial charge in [-0.1, -0.05) is 31.2 Å². The Morgan fingerprint density at radius 1 is 1.12 bits per heavy atom. The van der Waals surface area contributed by atoms with E-state index in [1.165, 1.54) is 23.9 Å². The van der Waals surface area contributed by atoms with Crippen LogP contribution in [0.2, 0.25) is 0 Å².